The van der Waals surface area contributed by atoms with E-state index in [4.69, 9.17) is 0 Å². The fourth-order valence-electron chi connectivity index (χ4n) is 2.90. The lowest BCUT2D eigenvalue weighted by atomic mass is 10.1. The number of anilines is 1. The quantitative estimate of drug-likeness (QED) is 0.561. The second-order valence-corrected chi connectivity index (χ2v) is 7.71. The number of aromatic hydroxyl groups is 1. The summed E-state index contributed by atoms with van der Waals surface area (Å²) in [5, 5.41) is 10.6. The molecule has 0 atom stereocenters. The lowest BCUT2D eigenvalue weighted by molar-refractivity contribution is -0.137. The molecule has 0 spiro atoms. The van der Waals surface area contributed by atoms with Crippen molar-refractivity contribution in [2.75, 3.05) is 11.9 Å². The highest BCUT2D eigenvalue weighted by Gasteiger charge is 2.30. The molecule has 0 fully saturated rings. The van der Waals surface area contributed by atoms with Crippen molar-refractivity contribution in [1.29, 1.82) is 0 Å². The van der Waals surface area contributed by atoms with Gasteiger partial charge in [-0.15, -0.1) is 11.3 Å². The molecule has 1 aromatic heterocycles. The van der Waals surface area contributed by atoms with Crippen LogP contribution >= 0.6 is 11.3 Å². The van der Waals surface area contributed by atoms with Gasteiger partial charge in [0.15, 0.2) is 0 Å². The monoisotopic (exact) mass is 406 g/mol. The average Bonchev–Trinajstić information content (AvgIpc) is 3.02. The molecule has 0 amide bonds. The maximum atomic E-state index is 12.7. The number of halogens is 3. The van der Waals surface area contributed by atoms with Crippen molar-refractivity contribution in [2.45, 2.75) is 33.0 Å². The van der Waals surface area contributed by atoms with Crippen molar-refractivity contribution < 1.29 is 18.3 Å². The molecule has 0 saturated carbocycles. The molecule has 148 valence electrons. The van der Waals surface area contributed by atoms with Gasteiger partial charge in [0.1, 0.15) is 10.8 Å². The Balaban J connectivity index is 1.80. The standard InChI is InChI=1S/C21H21F3N2OS/c1-4-14-11-17(9-10-18(14)27)26(3)12-19-13(2)25-20(28-19)15-5-7-16(8-6-15)21(22,23)24/h5-11,27H,4,12H2,1-3H3. The van der Waals surface area contributed by atoms with Gasteiger partial charge < -0.3 is 10.0 Å². The molecular weight excluding hydrogens is 385 g/mol. The van der Waals surface area contributed by atoms with Gasteiger partial charge in [-0.2, -0.15) is 13.2 Å². The molecular formula is C21H21F3N2OS. The SMILES string of the molecule is CCc1cc(N(C)Cc2sc(-c3ccc(C(F)(F)F)cc3)nc2C)ccc1O. The summed E-state index contributed by atoms with van der Waals surface area (Å²) in [5.41, 5.74) is 2.74. The third-order valence-electron chi connectivity index (χ3n) is 4.62. The van der Waals surface area contributed by atoms with Gasteiger partial charge in [-0.3, -0.25) is 0 Å². The topological polar surface area (TPSA) is 36.4 Å². The van der Waals surface area contributed by atoms with Crippen LogP contribution in [0.5, 0.6) is 5.75 Å². The van der Waals surface area contributed by atoms with Gasteiger partial charge in [0.05, 0.1) is 17.8 Å². The van der Waals surface area contributed by atoms with Gasteiger partial charge in [0.25, 0.3) is 0 Å². The Morgan fingerprint density at radius 3 is 2.39 bits per heavy atom. The minimum Gasteiger partial charge on any atom is -0.508 e. The van der Waals surface area contributed by atoms with Gasteiger partial charge in [-0.1, -0.05) is 19.1 Å². The van der Waals surface area contributed by atoms with E-state index in [1.807, 2.05) is 33.0 Å². The van der Waals surface area contributed by atoms with Crippen LogP contribution in [0.25, 0.3) is 10.6 Å². The highest BCUT2D eigenvalue weighted by Crippen LogP contribution is 2.34. The number of hydrogen-bond donors (Lipinski definition) is 1. The van der Waals surface area contributed by atoms with Gasteiger partial charge in [0.2, 0.25) is 0 Å². The number of phenols is 1. The van der Waals surface area contributed by atoms with Crippen LogP contribution in [0.3, 0.4) is 0 Å². The average molecular weight is 406 g/mol. The molecule has 28 heavy (non-hydrogen) atoms. The van der Waals surface area contributed by atoms with E-state index in [0.717, 1.165) is 40.4 Å². The first-order valence-corrected chi connectivity index (χ1v) is 9.67. The molecule has 3 nitrogen and oxygen atoms in total. The molecule has 0 aliphatic rings. The van der Waals surface area contributed by atoms with Crippen LogP contribution in [-0.4, -0.2) is 17.1 Å². The normalized spacial score (nSPS) is 11.6. The second-order valence-electron chi connectivity index (χ2n) is 6.63. The zero-order valence-electron chi connectivity index (χ0n) is 15.8. The van der Waals surface area contributed by atoms with Gasteiger partial charge in [-0.25, -0.2) is 4.98 Å². The number of alkyl halides is 3. The van der Waals surface area contributed by atoms with Gasteiger partial charge in [0, 0.05) is 23.2 Å². The first-order chi connectivity index (χ1) is 13.2. The summed E-state index contributed by atoms with van der Waals surface area (Å²) in [5.74, 6) is 0.290. The lowest BCUT2D eigenvalue weighted by Crippen LogP contribution is -2.16. The predicted molar refractivity (Wildman–Crippen MR) is 107 cm³/mol. The summed E-state index contributed by atoms with van der Waals surface area (Å²) in [6.07, 6.45) is -3.60. The summed E-state index contributed by atoms with van der Waals surface area (Å²) < 4.78 is 38.2. The first kappa shape index (κ1) is 20.2. The number of phenolic OH excluding ortho intramolecular Hbond substituents is 1. The molecule has 0 aliphatic heterocycles. The molecule has 0 aliphatic carbocycles. The lowest BCUT2D eigenvalue weighted by Gasteiger charge is -2.20. The number of hydrogen-bond acceptors (Lipinski definition) is 4. The van der Waals surface area contributed by atoms with E-state index in [0.29, 0.717) is 22.9 Å². The smallest absolute Gasteiger partial charge is 0.416 e. The van der Waals surface area contributed by atoms with E-state index in [1.54, 1.807) is 6.07 Å². The van der Waals surface area contributed by atoms with Crippen LogP contribution in [0, 0.1) is 6.92 Å². The molecule has 0 bridgehead atoms. The molecule has 0 saturated heterocycles. The molecule has 1 heterocycles. The fraction of sp³-hybridized carbons (Fsp3) is 0.286. The Morgan fingerprint density at radius 1 is 1.11 bits per heavy atom. The maximum absolute atomic E-state index is 12.7. The summed E-state index contributed by atoms with van der Waals surface area (Å²) in [6, 6.07) is 10.6. The second kappa shape index (κ2) is 7.83. The third kappa shape index (κ3) is 4.30. The Bertz CT molecular complexity index is 965. The third-order valence-corrected chi connectivity index (χ3v) is 5.81. The van der Waals surface area contributed by atoms with Crippen LogP contribution in [0.15, 0.2) is 42.5 Å². The summed E-state index contributed by atoms with van der Waals surface area (Å²) >= 11 is 1.48. The minimum atomic E-state index is -4.34. The predicted octanol–water partition coefficient (Wildman–Crippen LogP) is 6.04. The molecule has 1 N–H and O–H groups in total. The number of nitrogens with zero attached hydrogens (tertiary/aromatic N) is 2. The Hall–Kier alpha value is -2.54. The summed E-state index contributed by atoms with van der Waals surface area (Å²) in [6.45, 7) is 4.52. The summed E-state index contributed by atoms with van der Waals surface area (Å²) in [4.78, 5) is 7.65. The van der Waals surface area contributed by atoms with Crippen LogP contribution in [-0.2, 0) is 19.1 Å². The molecule has 3 aromatic rings. The Labute approximate surface area is 166 Å². The zero-order valence-corrected chi connectivity index (χ0v) is 16.7. The van der Waals surface area contributed by atoms with Crippen molar-refractivity contribution in [2.24, 2.45) is 0 Å². The highest BCUT2D eigenvalue weighted by atomic mass is 32.1. The molecule has 2 aromatic carbocycles. The van der Waals surface area contributed by atoms with Crippen molar-refractivity contribution in [3.63, 3.8) is 0 Å². The van der Waals surface area contributed by atoms with Gasteiger partial charge >= 0.3 is 6.18 Å². The van der Waals surface area contributed by atoms with Crippen LogP contribution < -0.4 is 4.90 Å². The van der Waals surface area contributed by atoms with Crippen molar-refractivity contribution in [3.8, 4) is 16.3 Å². The summed E-state index contributed by atoms with van der Waals surface area (Å²) in [7, 11) is 1.96. The number of aromatic nitrogens is 1. The maximum Gasteiger partial charge on any atom is 0.416 e. The number of aryl methyl sites for hydroxylation is 2. The molecule has 3 rings (SSSR count). The number of benzene rings is 2. The minimum absolute atomic E-state index is 0.290. The van der Waals surface area contributed by atoms with Gasteiger partial charge in [-0.05, 0) is 49.2 Å². The van der Waals surface area contributed by atoms with E-state index in [1.165, 1.54) is 23.5 Å². The van der Waals surface area contributed by atoms with Crippen molar-refractivity contribution in [3.05, 3.63) is 64.2 Å². The zero-order chi connectivity index (χ0) is 20.5. The van der Waals surface area contributed by atoms with E-state index in [9.17, 15) is 18.3 Å². The van der Waals surface area contributed by atoms with Crippen LogP contribution in [0.4, 0.5) is 18.9 Å². The highest BCUT2D eigenvalue weighted by molar-refractivity contribution is 7.15. The number of rotatable bonds is 5. The van der Waals surface area contributed by atoms with Crippen LogP contribution in [0.1, 0.15) is 28.6 Å². The number of thiazole rings is 1. The molecule has 7 heteroatoms. The van der Waals surface area contributed by atoms with Crippen molar-refractivity contribution in [1.82, 2.24) is 4.98 Å². The molecule has 0 unspecified atom stereocenters. The van der Waals surface area contributed by atoms with E-state index < -0.39 is 11.7 Å². The largest absolute Gasteiger partial charge is 0.508 e. The Morgan fingerprint density at radius 2 is 1.79 bits per heavy atom. The van der Waals surface area contributed by atoms with E-state index >= 15 is 0 Å². The fourth-order valence-corrected chi connectivity index (χ4v) is 4.02. The molecule has 0 radical (unpaired) electrons. The van der Waals surface area contributed by atoms with E-state index in [2.05, 4.69) is 9.88 Å². The Kier molecular flexibility index (Phi) is 5.65. The first-order valence-electron chi connectivity index (χ1n) is 8.86. The van der Waals surface area contributed by atoms with E-state index in [-0.39, 0.29) is 0 Å². The van der Waals surface area contributed by atoms with Crippen molar-refractivity contribution >= 4 is 17.0 Å². The van der Waals surface area contributed by atoms with Crippen LogP contribution in [0.2, 0.25) is 0 Å².